The molecule has 0 aliphatic heterocycles. The smallest absolute Gasteiger partial charge is 0.228 e. The molecule has 2 rings (SSSR count). The molecule has 1 aromatic rings. The van der Waals surface area contributed by atoms with E-state index in [1.165, 1.54) is 0 Å². The SMILES string of the molecule is CC(C)(C)[Si](C)(C)O[C@@H]1CC[C@](C(N)=O)(c2ccc(N)cc2)C1. The first-order valence-corrected chi connectivity index (χ1v) is 11.2. The molecule has 23 heavy (non-hydrogen) atoms. The van der Waals surface area contributed by atoms with Crippen LogP contribution in [-0.2, 0) is 14.6 Å². The molecule has 4 N–H and O–H groups in total. The summed E-state index contributed by atoms with van der Waals surface area (Å²) in [6.07, 6.45) is 2.38. The first kappa shape index (κ1) is 18.0. The minimum atomic E-state index is -1.85. The van der Waals surface area contributed by atoms with Crippen LogP contribution in [0.15, 0.2) is 24.3 Å². The van der Waals surface area contributed by atoms with E-state index in [9.17, 15) is 4.79 Å². The molecule has 1 aliphatic carbocycles. The molecule has 0 heterocycles. The van der Waals surface area contributed by atoms with Crippen molar-refractivity contribution >= 4 is 19.9 Å². The van der Waals surface area contributed by atoms with Crippen LogP contribution >= 0.6 is 0 Å². The fourth-order valence-corrected chi connectivity index (χ4v) is 4.51. The number of nitrogens with two attached hydrogens (primary N) is 2. The van der Waals surface area contributed by atoms with Crippen LogP contribution < -0.4 is 11.5 Å². The van der Waals surface area contributed by atoms with Crippen LogP contribution in [0.2, 0.25) is 18.1 Å². The van der Waals surface area contributed by atoms with Crippen LogP contribution in [0.5, 0.6) is 0 Å². The van der Waals surface area contributed by atoms with Gasteiger partial charge in [-0.15, -0.1) is 0 Å². The lowest BCUT2D eigenvalue weighted by molar-refractivity contribution is -0.123. The van der Waals surface area contributed by atoms with Crippen molar-refractivity contribution in [1.29, 1.82) is 0 Å². The summed E-state index contributed by atoms with van der Waals surface area (Å²) in [6.45, 7) is 11.2. The van der Waals surface area contributed by atoms with Gasteiger partial charge in [0.15, 0.2) is 8.32 Å². The molecule has 0 spiro atoms. The van der Waals surface area contributed by atoms with E-state index in [0.29, 0.717) is 12.1 Å². The molecule has 1 fully saturated rings. The Labute approximate surface area is 140 Å². The zero-order valence-corrected chi connectivity index (χ0v) is 16.0. The lowest BCUT2D eigenvalue weighted by atomic mass is 9.78. The predicted molar refractivity (Wildman–Crippen MR) is 97.6 cm³/mol. The number of primary amides is 1. The summed E-state index contributed by atoms with van der Waals surface area (Å²) in [6, 6.07) is 7.52. The molecule has 1 saturated carbocycles. The van der Waals surface area contributed by atoms with E-state index in [1.807, 2.05) is 24.3 Å². The van der Waals surface area contributed by atoms with E-state index in [-0.39, 0.29) is 17.0 Å². The molecule has 4 nitrogen and oxygen atoms in total. The van der Waals surface area contributed by atoms with Crippen LogP contribution in [-0.4, -0.2) is 20.3 Å². The normalized spacial score (nSPS) is 25.5. The second kappa shape index (κ2) is 5.95. The summed E-state index contributed by atoms with van der Waals surface area (Å²) < 4.78 is 6.52. The van der Waals surface area contributed by atoms with E-state index < -0.39 is 13.7 Å². The van der Waals surface area contributed by atoms with Gasteiger partial charge in [0.2, 0.25) is 5.91 Å². The highest BCUT2D eigenvalue weighted by atomic mass is 28.4. The summed E-state index contributed by atoms with van der Waals surface area (Å²) in [5, 5.41) is 0.159. The largest absolute Gasteiger partial charge is 0.414 e. The highest BCUT2D eigenvalue weighted by Gasteiger charge is 2.48. The zero-order valence-electron chi connectivity index (χ0n) is 15.0. The summed E-state index contributed by atoms with van der Waals surface area (Å²) in [7, 11) is -1.85. The van der Waals surface area contributed by atoms with E-state index in [0.717, 1.165) is 18.4 Å². The average Bonchev–Trinajstić information content (AvgIpc) is 2.82. The van der Waals surface area contributed by atoms with Crippen molar-refractivity contribution in [2.24, 2.45) is 5.73 Å². The number of hydrogen-bond acceptors (Lipinski definition) is 3. The Morgan fingerprint density at radius 1 is 1.26 bits per heavy atom. The molecule has 0 aromatic heterocycles. The molecule has 5 heteroatoms. The van der Waals surface area contributed by atoms with E-state index in [2.05, 4.69) is 33.9 Å². The second-order valence-corrected chi connectivity index (χ2v) is 13.1. The van der Waals surface area contributed by atoms with Crippen molar-refractivity contribution in [3.8, 4) is 0 Å². The molecule has 1 aliphatic rings. The minimum Gasteiger partial charge on any atom is -0.414 e. The zero-order chi connectivity index (χ0) is 17.5. The van der Waals surface area contributed by atoms with Gasteiger partial charge in [-0.3, -0.25) is 4.79 Å². The lowest BCUT2D eigenvalue weighted by Crippen LogP contribution is -2.45. The van der Waals surface area contributed by atoms with Crippen LogP contribution in [0.1, 0.15) is 45.6 Å². The molecule has 1 amide bonds. The van der Waals surface area contributed by atoms with Gasteiger partial charge in [-0.1, -0.05) is 32.9 Å². The molecule has 128 valence electrons. The Morgan fingerprint density at radius 2 is 1.83 bits per heavy atom. The first-order valence-electron chi connectivity index (χ1n) is 8.32. The summed E-state index contributed by atoms with van der Waals surface area (Å²) in [5.74, 6) is -0.261. The second-order valence-electron chi connectivity index (χ2n) is 8.31. The van der Waals surface area contributed by atoms with Crippen LogP contribution in [0.3, 0.4) is 0 Å². The van der Waals surface area contributed by atoms with Gasteiger partial charge >= 0.3 is 0 Å². The van der Waals surface area contributed by atoms with Gasteiger partial charge < -0.3 is 15.9 Å². The fraction of sp³-hybridized carbons (Fsp3) is 0.611. The van der Waals surface area contributed by atoms with E-state index >= 15 is 0 Å². The maximum absolute atomic E-state index is 12.3. The Morgan fingerprint density at radius 3 is 2.30 bits per heavy atom. The van der Waals surface area contributed by atoms with Gasteiger partial charge in [-0.2, -0.15) is 0 Å². The maximum atomic E-state index is 12.3. The van der Waals surface area contributed by atoms with Crippen LogP contribution in [0.4, 0.5) is 5.69 Å². The number of anilines is 1. The highest BCUT2D eigenvalue weighted by Crippen LogP contribution is 2.46. The standard InChI is InChI=1S/C18H30N2O2Si/c1-17(2,3)23(4,5)22-15-10-11-18(12-15,16(20)21)13-6-8-14(19)9-7-13/h6-9,15H,10-12,19H2,1-5H3,(H2,20,21)/t15-,18-/m1/s1. The molecule has 0 bridgehead atoms. The summed E-state index contributed by atoms with van der Waals surface area (Å²) in [5.41, 5.74) is 12.6. The molecular formula is C18H30N2O2Si. The topological polar surface area (TPSA) is 78.3 Å². The van der Waals surface area contributed by atoms with Crippen molar-refractivity contribution in [1.82, 2.24) is 0 Å². The van der Waals surface area contributed by atoms with Crippen molar-refractivity contribution in [2.45, 2.75) is 69.7 Å². The Hall–Kier alpha value is -1.33. The Balaban J connectivity index is 2.23. The average molecular weight is 335 g/mol. The summed E-state index contributed by atoms with van der Waals surface area (Å²) >= 11 is 0. The number of hydrogen-bond donors (Lipinski definition) is 2. The molecule has 0 radical (unpaired) electrons. The monoisotopic (exact) mass is 334 g/mol. The minimum absolute atomic E-state index is 0.0981. The van der Waals surface area contributed by atoms with Crippen molar-refractivity contribution in [3.05, 3.63) is 29.8 Å². The number of rotatable bonds is 4. The van der Waals surface area contributed by atoms with E-state index in [1.54, 1.807) is 0 Å². The van der Waals surface area contributed by atoms with E-state index in [4.69, 9.17) is 15.9 Å². The molecule has 0 saturated heterocycles. The number of carbonyl (C=O) groups is 1. The fourth-order valence-electron chi connectivity index (χ4n) is 3.12. The maximum Gasteiger partial charge on any atom is 0.228 e. The van der Waals surface area contributed by atoms with Crippen molar-refractivity contribution in [2.75, 3.05) is 5.73 Å². The molecule has 0 unspecified atom stereocenters. The number of carbonyl (C=O) groups excluding carboxylic acids is 1. The van der Waals surface area contributed by atoms with Gasteiger partial charge in [0.05, 0.1) is 5.41 Å². The van der Waals surface area contributed by atoms with Crippen LogP contribution in [0.25, 0.3) is 0 Å². The predicted octanol–water partition coefficient (Wildman–Crippen LogP) is 3.57. The third-order valence-electron chi connectivity index (χ3n) is 5.67. The Kier molecular flexibility index (Phi) is 4.66. The molecule has 1 aromatic carbocycles. The Bertz CT molecular complexity index is 578. The number of amides is 1. The van der Waals surface area contributed by atoms with Gasteiger partial charge in [-0.05, 0) is 55.1 Å². The molecular weight excluding hydrogens is 304 g/mol. The van der Waals surface area contributed by atoms with Crippen molar-refractivity contribution in [3.63, 3.8) is 0 Å². The van der Waals surface area contributed by atoms with Crippen LogP contribution in [0, 0.1) is 0 Å². The molecule has 2 atom stereocenters. The highest BCUT2D eigenvalue weighted by molar-refractivity contribution is 6.74. The number of benzene rings is 1. The summed E-state index contributed by atoms with van der Waals surface area (Å²) in [4.78, 5) is 12.3. The quantitative estimate of drug-likeness (QED) is 0.652. The van der Waals surface area contributed by atoms with Gasteiger partial charge in [0, 0.05) is 11.8 Å². The van der Waals surface area contributed by atoms with Gasteiger partial charge in [0.25, 0.3) is 0 Å². The first-order chi connectivity index (χ1) is 10.5. The lowest BCUT2D eigenvalue weighted by Gasteiger charge is -2.39. The third-order valence-corrected chi connectivity index (χ3v) is 10.2. The van der Waals surface area contributed by atoms with Crippen molar-refractivity contribution < 1.29 is 9.22 Å². The number of nitrogen functional groups attached to an aromatic ring is 1. The van der Waals surface area contributed by atoms with Gasteiger partial charge in [0.1, 0.15) is 0 Å². The third kappa shape index (κ3) is 3.45. The van der Waals surface area contributed by atoms with Gasteiger partial charge in [-0.25, -0.2) is 0 Å².